The van der Waals surface area contributed by atoms with Crippen LogP contribution in [-0.4, -0.2) is 35.7 Å². The number of para-hydroxylation sites is 1. The summed E-state index contributed by atoms with van der Waals surface area (Å²) < 4.78 is 5.56. The van der Waals surface area contributed by atoms with Crippen LogP contribution in [0.5, 0.6) is 5.75 Å². The largest absolute Gasteiger partial charge is 0.491 e. The maximum atomic E-state index is 10.0. The number of benzene rings is 2. The number of hydrogen-bond acceptors (Lipinski definition) is 4. The molecule has 0 bridgehead atoms. The van der Waals surface area contributed by atoms with E-state index in [9.17, 15) is 5.11 Å². The maximum absolute atomic E-state index is 10.0. The van der Waals surface area contributed by atoms with E-state index in [1.165, 1.54) is 4.90 Å². The summed E-state index contributed by atoms with van der Waals surface area (Å²) in [5.41, 5.74) is 0. The van der Waals surface area contributed by atoms with Gasteiger partial charge in [-0.2, -0.15) is 0 Å². The molecule has 3 unspecified atom stereocenters. The molecule has 0 aliphatic heterocycles. The molecule has 0 saturated heterocycles. The van der Waals surface area contributed by atoms with E-state index in [1.807, 2.05) is 48.2 Å². The third kappa shape index (κ3) is 6.65. The number of nitrogens with one attached hydrogen (secondary N) is 1. The lowest BCUT2D eigenvalue weighted by Crippen LogP contribution is -2.40. The van der Waals surface area contributed by atoms with Crippen LogP contribution in [0.3, 0.4) is 0 Å². The van der Waals surface area contributed by atoms with Crippen molar-refractivity contribution in [3.63, 3.8) is 0 Å². The van der Waals surface area contributed by atoms with Crippen molar-refractivity contribution in [3.8, 4) is 5.75 Å². The highest BCUT2D eigenvalue weighted by molar-refractivity contribution is 8.00. The summed E-state index contributed by atoms with van der Waals surface area (Å²) in [6.45, 7) is 5.16. The normalized spacial score (nSPS) is 14.9. The van der Waals surface area contributed by atoms with Gasteiger partial charge in [-0.15, -0.1) is 11.8 Å². The first-order valence-corrected chi connectivity index (χ1v) is 8.84. The minimum Gasteiger partial charge on any atom is -0.491 e. The standard InChI is InChI=1S/C19H25NO2S/c1-15(16(2)23-19-11-7-4-8-12-19)20-13-17(21)14-22-18-9-5-3-6-10-18/h3-12,15-17,20-21H,13-14H2,1-2H3. The van der Waals surface area contributed by atoms with Crippen LogP contribution in [0.15, 0.2) is 65.6 Å². The molecule has 2 aromatic carbocycles. The highest BCUT2D eigenvalue weighted by atomic mass is 32.2. The van der Waals surface area contributed by atoms with Crippen molar-refractivity contribution < 1.29 is 9.84 Å². The zero-order valence-electron chi connectivity index (χ0n) is 13.7. The monoisotopic (exact) mass is 331 g/mol. The van der Waals surface area contributed by atoms with Crippen molar-refractivity contribution >= 4 is 11.8 Å². The van der Waals surface area contributed by atoms with Crippen LogP contribution < -0.4 is 10.1 Å². The number of aliphatic hydroxyl groups excluding tert-OH is 1. The molecule has 3 atom stereocenters. The topological polar surface area (TPSA) is 41.5 Å². The Hall–Kier alpha value is -1.49. The molecule has 3 nitrogen and oxygen atoms in total. The van der Waals surface area contributed by atoms with Gasteiger partial charge >= 0.3 is 0 Å². The molecule has 2 N–H and O–H groups in total. The lowest BCUT2D eigenvalue weighted by atomic mass is 10.2. The van der Waals surface area contributed by atoms with Crippen molar-refractivity contribution in [2.45, 2.75) is 36.1 Å². The first-order valence-electron chi connectivity index (χ1n) is 7.96. The second-order valence-corrected chi connectivity index (χ2v) is 7.06. The van der Waals surface area contributed by atoms with Gasteiger partial charge in [0.25, 0.3) is 0 Å². The summed E-state index contributed by atoms with van der Waals surface area (Å²) in [4.78, 5) is 1.27. The van der Waals surface area contributed by atoms with Crippen LogP contribution >= 0.6 is 11.8 Å². The first-order chi connectivity index (χ1) is 11.1. The van der Waals surface area contributed by atoms with Gasteiger partial charge in [-0.1, -0.05) is 43.3 Å². The fraction of sp³-hybridized carbons (Fsp3) is 0.368. The number of thioether (sulfide) groups is 1. The Bertz CT molecular complexity index is 550. The van der Waals surface area contributed by atoms with Crippen molar-refractivity contribution in [3.05, 3.63) is 60.7 Å². The molecule has 124 valence electrons. The van der Waals surface area contributed by atoms with Crippen LogP contribution in [0.1, 0.15) is 13.8 Å². The molecule has 0 saturated carbocycles. The molecule has 0 heterocycles. The summed E-state index contributed by atoms with van der Waals surface area (Å²) >= 11 is 1.84. The summed E-state index contributed by atoms with van der Waals surface area (Å²) in [5, 5.41) is 13.8. The van der Waals surface area contributed by atoms with Gasteiger partial charge in [0.2, 0.25) is 0 Å². The van der Waals surface area contributed by atoms with E-state index in [2.05, 4.69) is 43.4 Å². The van der Waals surface area contributed by atoms with Gasteiger partial charge in [-0.05, 0) is 31.2 Å². The average Bonchev–Trinajstić information content (AvgIpc) is 2.59. The molecular formula is C19H25NO2S. The Balaban J connectivity index is 1.67. The molecule has 2 rings (SSSR count). The smallest absolute Gasteiger partial charge is 0.119 e. The van der Waals surface area contributed by atoms with Gasteiger partial charge in [0.15, 0.2) is 0 Å². The molecule has 4 heteroatoms. The van der Waals surface area contributed by atoms with Crippen molar-refractivity contribution in [2.24, 2.45) is 0 Å². The highest BCUT2D eigenvalue weighted by Crippen LogP contribution is 2.24. The lowest BCUT2D eigenvalue weighted by molar-refractivity contribution is 0.104. The first kappa shape index (κ1) is 17.9. The van der Waals surface area contributed by atoms with E-state index < -0.39 is 6.10 Å². The lowest BCUT2D eigenvalue weighted by Gasteiger charge is -2.22. The van der Waals surface area contributed by atoms with Crippen LogP contribution in [-0.2, 0) is 0 Å². The Kier molecular flexibility index (Phi) is 7.46. The predicted molar refractivity (Wildman–Crippen MR) is 97.2 cm³/mol. The molecule has 0 spiro atoms. The van der Waals surface area contributed by atoms with Crippen LogP contribution in [0.4, 0.5) is 0 Å². The predicted octanol–water partition coefficient (Wildman–Crippen LogP) is 3.59. The van der Waals surface area contributed by atoms with Gasteiger partial charge in [-0.25, -0.2) is 0 Å². The van der Waals surface area contributed by atoms with Crippen LogP contribution in [0, 0.1) is 0 Å². The average molecular weight is 331 g/mol. The Labute approximate surface area is 143 Å². The fourth-order valence-electron chi connectivity index (χ4n) is 2.07. The second-order valence-electron chi connectivity index (χ2n) is 5.61. The second kappa shape index (κ2) is 9.60. The van der Waals surface area contributed by atoms with Crippen LogP contribution in [0.2, 0.25) is 0 Å². The molecule has 0 aliphatic carbocycles. The molecule has 2 aromatic rings. The van der Waals surface area contributed by atoms with E-state index >= 15 is 0 Å². The minimum absolute atomic E-state index is 0.296. The third-order valence-electron chi connectivity index (χ3n) is 3.63. The van der Waals surface area contributed by atoms with Gasteiger partial charge in [0.1, 0.15) is 18.5 Å². The number of hydrogen-bond donors (Lipinski definition) is 2. The SMILES string of the molecule is CC(NCC(O)COc1ccccc1)C(C)Sc1ccccc1. The van der Waals surface area contributed by atoms with E-state index in [4.69, 9.17) is 4.74 Å². The Morgan fingerprint density at radius 3 is 2.26 bits per heavy atom. The fourth-order valence-corrected chi connectivity index (χ4v) is 3.12. The third-order valence-corrected chi connectivity index (χ3v) is 4.95. The van der Waals surface area contributed by atoms with E-state index in [0.717, 1.165) is 5.75 Å². The van der Waals surface area contributed by atoms with E-state index in [1.54, 1.807) is 0 Å². The summed E-state index contributed by atoms with van der Waals surface area (Å²) in [6.07, 6.45) is -0.522. The number of aliphatic hydroxyl groups is 1. The Morgan fingerprint density at radius 1 is 1.00 bits per heavy atom. The van der Waals surface area contributed by atoms with E-state index in [0.29, 0.717) is 24.4 Å². The number of ether oxygens (including phenoxy) is 1. The molecular weight excluding hydrogens is 306 g/mol. The van der Waals surface area contributed by atoms with Gasteiger partial charge < -0.3 is 15.2 Å². The quantitative estimate of drug-likeness (QED) is 0.689. The maximum Gasteiger partial charge on any atom is 0.119 e. The molecule has 0 amide bonds. The zero-order valence-corrected chi connectivity index (χ0v) is 14.5. The molecule has 23 heavy (non-hydrogen) atoms. The van der Waals surface area contributed by atoms with Gasteiger partial charge in [0.05, 0.1) is 0 Å². The minimum atomic E-state index is -0.522. The van der Waals surface area contributed by atoms with Crippen molar-refractivity contribution in [1.29, 1.82) is 0 Å². The molecule has 0 radical (unpaired) electrons. The highest BCUT2D eigenvalue weighted by Gasteiger charge is 2.15. The summed E-state index contributed by atoms with van der Waals surface area (Å²) in [6, 6.07) is 20.2. The van der Waals surface area contributed by atoms with Crippen molar-refractivity contribution in [2.75, 3.05) is 13.2 Å². The van der Waals surface area contributed by atoms with Gasteiger partial charge in [0, 0.05) is 22.7 Å². The van der Waals surface area contributed by atoms with Crippen molar-refractivity contribution in [1.82, 2.24) is 5.32 Å². The Morgan fingerprint density at radius 2 is 1.61 bits per heavy atom. The molecule has 0 aromatic heterocycles. The molecule has 0 fully saturated rings. The zero-order chi connectivity index (χ0) is 16.5. The van der Waals surface area contributed by atoms with Crippen LogP contribution in [0.25, 0.3) is 0 Å². The summed E-state index contributed by atoms with van der Waals surface area (Å²) in [5.74, 6) is 0.785. The van der Waals surface area contributed by atoms with E-state index in [-0.39, 0.29) is 0 Å². The van der Waals surface area contributed by atoms with Gasteiger partial charge in [-0.3, -0.25) is 0 Å². The number of rotatable bonds is 9. The molecule has 0 aliphatic rings. The summed E-state index contributed by atoms with van der Waals surface area (Å²) in [7, 11) is 0.